The number of carbonyl (C=O) groups excluding carboxylic acids is 2. The normalized spacial score (nSPS) is 17.4. The Balaban J connectivity index is 1.69. The van der Waals surface area contributed by atoms with E-state index in [9.17, 15) is 14.4 Å². The maximum Gasteiger partial charge on any atom is 0.417 e. The average molecular weight is 345 g/mol. The smallest absolute Gasteiger partial charge is 0.408 e. The lowest BCUT2D eigenvalue weighted by molar-refractivity contribution is -0.121. The molecule has 2 amide bonds. The molecule has 1 aromatic carbocycles. The largest absolute Gasteiger partial charge is 0.417 e. The third kappa shape index (κ3) is 3.92. The number of benzene rings is 1. The van der Waals surface area contributed by atoms with Crippen molar-refractivity contribution in [3.63, 3.8) is 0 Å². The molecule has 1 fully saturated rings. The molecule has 2 aromatic rings. The summed E-state index contributed by atoms with van der Waals surface area (Å²) in [6.45, 7) is 5.15. The first-order valence-electron chi connectivity index (χ1n) is 8.64. The van der Waals surface area contributed by atoms with Crippen molar-refractivity contribution in [1.29, 1.82) is 0 Å². The number of nitrogens with zero attached hydrogens (tertiary/aromatic N) is 1. The monoisotopic (exact) mass is 345 g/mol. The number of carbonyl (C=O) groups is 2. The maximum absolute atomic E-state index is 12.8. The molecule has 0 radical (unpaired) electrons. The third-order valence-corrected chi connectivity index (χ3v) is 4.43. The van der Waals surface area contributed by atoms with Crippen LogP contribution in [0.2, 0.25) is 0 Å². The van der Waals surface area contributed by atoms with E-state index in [4.69, 9.17) is 4.42 Å². The fourth-order valence-electron chi connectivity index (χ4n) is 3.24. The number of amides is 2. The van der Waals surface area contributed by atoms with Gasteiger partial charge in [0.2, 0.25) is 5.91 Å². The Bertz CT molecular complexity index is 836. The summed E-state index contributed by atoms with van der Waals surface area (Å²) in [4.78, 5) is 40.3. The van der Waals surface area contributed by atoms with Gasteiger partial charge in [-0.3, -0.25) is 14.6 Å². The minimum atomic E-state index is -0.536. The Hall–Kier alpha value is -2.57. The summed E-state index contributed by atoms with van der Waals surface area (Å²) in [6.07, 6.45) is 2.28. The molecular formula is C18H23N3O4. The number of nitrogens with one attached hydrogen (secondary N) is 2. The summed E-state index contributed by atoms with van der Waals surface area (Å²) in [7, 11) is 0. The lowest BCUT2D eigenvalue weighted by Crippen LogP contribution is -2.43. The van der Waals surface area contributed by atoms with Gasteiger partial charge in [-0.15, -0.1) is 0 Å². The molecule has 1 aliphatic rings. The lowest BCUT2D eigenvalue weighted by atomic mass is 10.1. The Morgan fingerprint density at radius 3 is 2.96 bits per heavy atom. The van der Waals surface area contributed by atoms with Crippen LogP contribution < -0.4 is 11.1 Å². The highest BCUT2D eigenvalue weighted by Gasteiger charge is 2.29. The van der Waals surface area contributed by atoms with E-state index in [1.54, 1.807) is 23.1 Å². The Morgan fingerprint density at radius 2 is 2.20 bits per heavy atom. The topological polar surface area (TPSA) is 95.4 Å². The van der Waals surface area contributed by atoms with E-state index in [-0.39, 0.29) is 17.9 Å². The predicted molar refractivity (Wildman–Crippen MR) is 93.4 cm³/mol. The molecule has 25 heavy (non-hydrogen) atoms. The van der Waals surface area contributed by atoms with Gasteiger partial charge in [0.25, 0.3) is 5.91 Å². The van der Waals surface area contributed by atoms with Crippen LogP contribution in [0.15, 0.2) is 27.4 Å². The molecule has 2 heterocycles. The van der Waals surface area contributed by atoms with E-state index < -0.39 is 5.76 Å². The number of aromatic nitrogens is 1. The van der Waals surface area contributed by atoms with Crippen LogP contribution in [0.4, 0.5) is 0 Å². The lowest BCUT2D eigenvalue weighted by Gasteiger charge is -2.25. The highest BCUT2D eigenvalue weighted by molar-refractivity contribution is 5.97. The van der Waals surface area contributed by atoms with Gasteiger partial charge in [0.05, 0.1) is 5.52 Å². The molecule has 1 aromatic heterocycles. The number of oxazole rings is 1. The number of likely N-dealkylation sites (tertiary alicyclic amines) is 1. The molecule has 2 N–H and O–H groups in total. The minimum Gasteiger partial charge on any atom is -0.408 e. The van der Waals surface area contributed by atoms with E-state index in [1.807, 2.05) is 13.8 Å². The average Bonchev–Trinajstić information content (AvgIpc) is 3.15. The SMILES string of the molecule is CC(C)CC(=O)NCC1CCCN1C(=O)c1ccc2oc(=O)[nH]c2c1. The van der Waals surface area contributed by atoms with Crippen LogP contribution in [0.1, 0.15) is 43.5 Å². The molecule has 134 valence electrons. The zero-order valence-corrected chi connectivity index (χ0v) is 14.5. The van der Waals surface area contributed by atoms with Gasteiger partial charge >= 0.3 is 5.76 Å². The van der Waals surface area contributed by atoms with Crippen molar-refractivity contribution in [3.8, 4) is 0 Å². The molecule has 0 saturated carbocycles. The van der Waals surface area contributed by atoms with E-state index in [1.165, 1.54) is 0 Å². The van der Waals surface area contributed by atoms with Crippen LogP contribution >= 0.6 is 0 Å². The highest BCUT2D eigenvalue weighted by atomic mass is 16.4. The fraction of sp³-hybridized carbons (Fsp3) is 0.500. The molecular weight excluding hydrogens is 322 g/mol. The van der Waals surface area contributed by atoms with Crippen molar-refractivity contribution in [2.45, 2.75) is 39.2 Å². The number of hydrogen-bond acceptors (Lipinski definition) is 4. The van der Waals surface area contributed by atoms with Crippen LogP contribution in [-0.4, -0.2) is 40.8 Å². The molecule has 7 nitrogen and oxygen atoms in total. The second-order valence-corrected chi connectivity index (χ2v) is 6.92. The van der Waals surface area contributed by atoms with Crippen LogP contribution in [-0.2, 0) is 4.79 Å². The molecule has 1 unspecified atom stereocenters. The first-order valence-corrected chi connectivity index (χ1v) is 8.64. The van der Waals surface area contributed by atoms with Gasteiger partial charge in [0.1, 0.15) is 0 Å². The van der Waals surface area contributed by atoms with E-state index in [2.05, 4.69) is 10.3 Å². The predicted octanol–water partition coefficient (Wildman–Crippen LogP) is 1.89. The van der Waals surface area contributed by atoms with Crippen molar-refractivity contribution in [2.24, 2.45) is 5.92 Å². The Labute approximate surface area is 145 Å². The first kappa shape index (κ1) is 17.3. The molecule has 0 aliphatic carbocycles. The molecule has 1 aliphatic heterocycles. The van der Waals surface area contributed by atoms with Crippen LogP contribution in [0.3, 0.4) is 0 Å². The standard InChI is InChI=1S/C18H23N3O4/c1-11(2)8-16(22)19-10-13-4-3-7-21(13)17(23)12-5-6-15-14(9-12)20-18(24)25-15/h5-6,9,11,13H,3-4,7-8,10H2,1-2H3,(H,19,22)(H,20,24). The number of aromatic amines is 1. The van der Waals surface area contributed by atoms with Crippen molar-refractivity contribution in [3.05, 3.63) is 34.3 Å². The van der Waals surface area contributed by atoms with Gasteiger partial charge in [-0.05, 0) is 37.0 Å². The summed E-state index contributed by atoms with van der Waals surface area (Å²) < 4.78 is 4.96. The molecule has 0 bridgehead atoms. The molecule has 3 rings (SSSR count). The van der Waals surface area contributed by atoms with Crippen LogP contribution in [0.5, 0.6) is 0 Å². The fourth-order valence-corrected chi connectivity index (χ4v) is 3.24. The van der Waals surface area contributed by atoms with Gasteiger partial charge in [-0.1, -0.05) is 13.8 Å². The molecule has 1 atom stereocenters. The quantitative estimate of drug-likeness (QED) is 0.865. The van der Waals surface area contributed by atoms with E-state index in [0.717, 1.165) is 12.8 Å². The van der Waals surface area contributed by atoms with Gasteiger partial charge < -0.3 is 14.6 Å². The van der Waals surface area contributed by atoms with Crippen molar-refractivity contribution in [2.75, 3.05) is 13.1 Å². The Morgan fingerprint density at radius 1 is 1.40 bits per heavy atom. The van der Waals surface area contributed by atoms with Crippen molar-refractivity contribution < 1.29 is 14.0 Å². The summed E-state index contributed by atoms with van der Waals surface area (Å²) in [5.41, 5.74) is 1.45. The molecule has 0 spiro atoms. The van der Waals surface area contributed by atoms with Crippen molar-refractivity contribution in [1.82, 2.24) is 15.2 Å². The van der Waals surface area contributed by atoms with Crippen molar-refractivity contribution >= 4 is 22.9 Å². The second-order valence-electron chi connectivity index (χ2n) is 6.92. The number of rotatable bonds is 5. The van der Waals surface area contributed by atoms with Gasteiger partial charge in [0.15, 0.2) is 5.58 Å². The summed E-state index contributed by atoms with van der Waals surface area (Å²) in [6, 6.07) is 4.92. The molecule has 7 heteroatoms. The number of H-pyrrole nitrogens is 1. The molecule has 1 saturated heterocycles. The highest BCUT2D eigenvalue weighted by Crippen LogP contribution is 2.21. The first-order chi connectivity index (χ1) is 11.9. The third-order valence-electron chi connectivity index (χ3n) is 4.43. The Kier molecular flexibility index (Phi) is 4.92. The van der Waals surface area contributed by atoms with Gasteiger partial charge in [-0.25, -0.2) is 4.79 Å². The summed E-state index contributed by atoms with van der Waals surface area (Å²) in [5, 5.41) is 2.93. The minimum absolute atomic E-state index is 0.00251. The zero-order chi connectivity index (χ0) is 18.0. The van der Waals surface area contributed by atoms with E-state index >= 15 is 0 Å². The van der Waals surface area contributed by atoms with Crippen LogP contribution in [0, 0.1) is 5.92 Å². The number of fused-ring (bicyclic) bond motifs is 1. The van der Waals surface area contributed by atoms with Crippen LogP contribution in [0.25, 0.3) is 11.1 Å². The van der Waals surface area contributed by atoms with E-state index in [0.29, 0.717) is 42.1 Å². The maximum atomic E-state index is 12.8. The summed E-state index contributed by atoms with van der Waals surface area (Å²) >= 11 is 0. The zero-order valence-electron chi connectivity index (χ0n) is 14.5. The second kappa shape index (κ2) is 7.13. The van der Waals surface area contributed by atoms with Gasteiger partial charge in [0, 0.05) is 31.1 Å². The number of hydrogen-bond donors (Lipinski definition) is 2. The summed E-state index contributed by atoms with van der Waals surface area (Å²) in [5.74, 6) is -0.298. The van der Waals surface area contributed by atoms with Gasteiger partial charge in [-0.2, -0.15) is 0 Å².